The molecule has 0 bridgehead atoms. The lowest BCUT2D eigenvalue weighted by atomic mass is 9.94. The van der Waals surface area contributed by atoms with Crippen LogP contribution in [-0.2, 0) is 0 Å². The van der Waals surface area contributed by atoms with Gasteiger partial charge in [0.2, 0.25) is 0 Å². The number of fused-ring (bicyclic) bond motifs is 1. The number of para-hydroxylation sites is 1. The number of carbonyl (C=O) groups is 3. The van der Waals surface area contributed by atoms with Gasteiger partial charge in [-0.05, 0) is 48.9 Å². The Kier molecular flexibility index (Phi) is 5.80. The topological polar surface area (TPSA) is 143 Å². The van der Waals surface area contributed by atoms with Gasteiger partial charge in [-0.3, -0.25) is 9.59 Å². The number of methoxy groups -OCH3 is 1. The average molecular weight is 455 g/mol. The number of ketones is 1. The molecule has 0 radical (unpaired) electrons. The lowest BCUT2D eigenvalue weighted by molar-refractivity contribution is 0.0697. The van der Waals surface area contributed by atoms with Crippen LogP contribution in [0.1, 0.15) is 43.7 Å². The van der Waals surface area contributed by atoms with Gasteiger partial charge < -0.3 is 19.7 Å². The standard InChI is InChI=1S/C25H17N3O6/c1-13(29)16-11-22-19(10-17(16)15-5-3-4-6-21(15)33-2)23(28-34-22)24(30)27-20-8-7-14(12-26)9-18(20)25(31)32/h3-11H,1-2H3,(H,27,30)(H,31,32). The fourth-order valence-corrected chi connectivity index (χ4v) is 3.61. The first-order valence-corrected chi connectivity index (χ1v) is 10.0. The number of aromatic nitrogens is 1. The van der Waals surface area contributed by atoms with Crippen molar-refractivity contribution in [1.82, 2.24) is 5.16 Å². The first-order chi connectivity index (χ1) is 16.3. The predicted molar refractivity (Wildman–Crippen MR) is 122 cm³/mol. The number of carbonyl (C=O) groups excluding carboxylic acids is 2. The Labute approximate surface area is 193 Å². The Morgan fingerprint density at radius 1 is 1.06 bits per heavy atom. The number of nitrogens with one attached hydrogen (secondary N) is 1. The smallest absolute Gasteiger partial charge is 0.337 e. The molecule has 0 atom stereocenters. The van der Waals surface area contributed by atoms with Crippen LogP contribution in [0.2, 0.25) is 0 Å². The van der Waals surface area contributed by atoms with Gasteiger partial charge in [0.05, 0.1) is 35.4 Å². The summed E-state index contributed by atoms with van der Waals surface area (Å²) >= 11 is 0. The van der Waals surface area contributed by atoms with E-state index in [0.717, 1.165) is 6.07 Å². The minimum absolute atomic E-state index is 0.00189. The van der Waals surface area contributed by atoms with E-state index in [4.69, 9.17) is 14.5 Å². The molecular weight excluding hydrogens is 438 g/mol. The number of ether oxygens (including phenoxy) is 1. The van der Waals surface area contributed by atoms with Crippen LogP contribution < -0.4 is 10.1 Å². The maximum Gasteiger partial charge on any atom is 0.337 e. The normalized spacial score (nSPS) is 10.5. The zero-order valence-corrected chi connectivity index (χ0v) is 18.1. The van der Waals surface area contributed by atoms with E-state index in [0.29, 0.717) is 27.8 Å². The summed E-state index contributed by atoms with van der Waals surface area (Å²) in [5, 5.41) is 25.2. The molecule has 0 saturated heterocycles. The van der Waals surface area contributed by atoms with Crippen LogP contribution in [0.15, 0.2) is 59.1 Å². The highest BCUT2D eigenvalue weighted by Crippen LogP contribution is 2.36. The van der Waals surface area contributed by atoms with Gasteiger partial charge in [0.25, 0.3) is 5.91 Å². The highest BCUT2D eigenvalue weighted by molar-refractivity contribution is 6.14. The molecule has 3 aromatic carbocycles. The third-order valence-corrected chi connectivity index (χ3v) is 5.23. The van der Waals surface area contributed by atoms with Crippen molar-refractivity contribution >= 4 is 34.3 Å². The van der Waals surface area contributed by atoms with Crippen LogP contribution in [0.3, 0.4) is 0 Å². The summed E-state index contributed by atoms with van der Waals surface area (Å²) in [5.41, 5.74) is 1.55. The number of rotatable bonds is 6. The summed E-state index contributed by atoms with van der Waals surface area (Å²) in [5.74, 6) is -1.70. The number of carboxylic acids is 1. The second kappa shape index (κ2) is 8.88. The lowest BCUT2D eigenvalue weighted by Gasteiger charge is -2.12. The van der Waals surface area contributed by atoms with Gasteiger partial charge in [0.1, 0.15) is 5.75 Å². The Morgan fingerprint density at radius 2 is 1.82 bits per heavy atom. The molecule has 1 heterocycles. The van der Waals surface area contributed by atoms with Crippen molar-refractivity contribution in [2.24, 2.45) is 0 Å². The van der Waals surface area contributed by atoms with Gasteiger partial charge in [0, 0.05) is 11.1 Å². The third-order valence-electron chi connectivity index (χ3n) is 5.23. The highest BCUT2D eigenvalue weighted by Gasteiger charge is 2.23. The van der Waals surface area contributed by atoms with Crippen LogP contribution in [0, 0.1) is 11.3 Å². The van der Waals surface area contributed by atoms with Crippen molar-refractivity contribution < 1.29 is 28.8 Å². The Morgan fingerprint density at radius 3 is 2.50 bits per heavy atom. The molecule has 9 heteroatoms. The molecule has 1 amide bonds. The molecule has 0 saturated carbocycles. The fraction of sp³-hybridized carbons (Fsp3) is 0.0800. The van der Waals surface area contributed by atoms with E-state index in [1.54, 1.807) is 30.3 Å². The van der Waals surface area contributed by atoms with E-state index in [1.807, 2.05) is 6.07 Å². The first kappa shape index (κ1) is 22.2. The molecular formula is C25H17N3O6. The second-order valence-electron chi connectivity index (χ2n) is 7.31. The summed E-state index contributed by atoms with van der Waals surface area (Å²) in [4.78, 5) is 37.0. The van der Waals surface area contributed by atoms with E-state index in [9.17, 15) is 19.5 Å². The van der Waals surface area contributed by atoms with Crippen LogP contribution in [0.25, 0.3) is 22.1 Å². The minimum Gasteiger partial charge on any atom is -0.496 e. The summed E-state index contributed by atoms with van der Waals surface area (Å²) in [6.07, 6.45) is 0. The third kappa shape index (κ3) is 3.96. The van der Waals surface area contributed by atoms with Crippen LogP contribution >= 0.6 is 0 Å². The molecule has 4 rings (SSSR count). The summed E-state index contributed by atoms with van der Waals surface area (Å²) < 4.78 is 10.7. The van der Waals surface area contributed by atoms with E-state index in [2.05, 4.69) is 10.5 Å². The maximum absolute atomic E-state index is 13.0. The summed E-state index contributed by atoms with van der Waals surface area (Å²) in [7, 11) is 1.51. The maximum atomic E-state index is 13.0. The highest BCUT2D eigenvalue weighted by atomic mass is 16.5. The Balaban J connectivity index is 1.82. The van der Waals surface area contributed by atoms with E-state index >= 15 is 0 Å². The molecule has 0 aliphatic rings. The predicted octanol–water partition coefficient (Wildman–Crippen LogP) is 4.53. The summed E-state index contributed by atoms with van der Waals surface area (Å²) in [6.45, 7) is 1.42. The molecule has 2 N–H and O–H groups in total. The van der Waals surface area contributed by atoms with Crippen molar-refractivity contribution in [3.63, 3.8) is 0 Å². The molecule has 168 valence electrons. The second-order valence-corrected chi connectivity index (χ2v) is 7.31. The number of Topliss-reactive ketones (excluding diaryl/α,β-unsaturated/α-hetero) is 1. The lowest BCUT2D eigenvalue weighted by Crippen LogP contribution is -2.15. The Bertz CT molecular complexity index is 1510. The zero-order chi connectivity index (χ0) is 24.4. The number of hydrogen-bond donors (Lipinski definition) is 2. The van der Waals surface area contributed by atoms with Crippen molar-refractivity contribution in [2.45, 2.75) is 6.92 Å². The number of hydrogen-bond acceptors (Lipinski definition) is 7. The minimum atomic E-state index is -1.30. The molecule has 9 nitrogen and oxygen atoms in total. The van der Waals surface area contributed by atoms with E-state index in [-0.39, 0.29) is 33.9 Å². The van der Waals surface area contributed by atoms with Crippen molar-refractivity contribution in [2.75, 3.05) is 12.4 Å². The van der Waals surface area contributed by atoms with Gasteiger partial charge in [-0.15, -0.1) is 0 Å². The molecule has 0 fully saturated rings. The van der Waals surface area contributed by atoms with Gasteiger partial charge in [0.15, 0.2) is 17.1 Å². The zero-order valence-electron chi connectivity index (χ0n) is 18.1. The van der Waals surface area contributed by atoms with Crippen LogP contribution in [0.5, 0.6) is 5.75 Å². The molecule has 0 aliphatic heterocycles. The first-order valence-electron chi connectivity index (χ1n) is 10.0. The van der Waals surface area contributed by atoms with Crippen molar-refractivity contribution in [1.29, 1.82) is 5.26 Å². The van der Waals surface area contributed by atoms with Crippen LogP contribution in [0.4, 0.5) is 5.69 Å². The number of anilines is 1. The molecule has 4 aromatic rings. The molecule has 0 unspecified atom stereocenters. The van der Waals surface area contributed by atoms with Crippen LogP contribution in [-0.4, -0.2) is 35.0 Å². The van der Waals surface area contributed by atoms with Gasteiger partial charge in [-0.2, -0.15) is 5.26 Å². The summed E-state index contributed by atoms with van der Waals surface area (Å²) in [6, 6.07) is 16.0. The van der Waals surface area contributed by atoms with Crippen molar-refractivity contribution in [3.8, 4) is 22.9 Å². The molecule has 34 heavy (non-hydrogen) atoms. The Hall–Kier alpha value is -4.97. The fourth-order valence-electron chi connectivity index (χ4n) is 3.61. The van der Waals surface area contributed by atoms with Gasteiger partial charge in [-0.25, -0.2) is 4.79 Å². The number of nitriles is 1. The molecule has 1 aromatic heterocycles. The SMILES string of the molecule is COc1ccccc1-c1cc2c(C(=O)Nc3ccc(C#N)cc3C(=O)O)noc2cc1C(C)=O. The van der Waals surface area contributed by atoms with E-state index < -0.39 is 11.9 Å². The van der Waals surface area contributed by atoms with Crippen molar-refractivity contribution in [3.05, 3.63) is 77.0 Å². The number of aromatic carboxylic acids is 1. The molecule has 0 spiro atoms. The average Bonchev–Trinajstić information content (AvgIpc) is 3.26. The van der Waals surface area contributed by atoms with Gasteiger partial charge in [-0.1, -0.05) is 23.4 Å². The van der Waals surface area contributed by atoms with Gasteiger partial charge >= 0.3 is 5.97 Å². The number of amides is 1. The number of benzene rings is 3. The monoisotopic (exact) mass is 455 g/mol. The number of nitrogens with zero attached hydrogens (tertiary/aromatic N) is 2. The largest absolute Gasteiger partial charge is 0.496 e. The van der Waals surface area contributed by atoms with E-state index in [1.165, 1.54) is 32.2 Å². The quantitative estimate of drug-likeness (QED) is 0.404. The number of carboxylic acid groups (broad SMARTS) is 1. The molecule has 0 aliphatic carbocycles.